The number of rotatable bonds is 6. The van der Waals surface area contributed by atoms with Crippen LogP contribution in [0.25, 0.3) is 5.69 Å². The Morgan fingerprint density at radius 2 is 1.96 bits per heavy atom. The van der Waals surface area contributed by atoms with Crippen molar-refractivity contribution in [3.05, 3.63) is 60.2 Å². The lowest BCUT2D eigenvalue weighted by atomic mass is 10.2. The summed E-state index contributed by atoms with van der Waals surface area (Å²) in [5.74, 6) is -2.18. The summed E-state index contributed by atoms with van der Waals surface area (Å²) in [6.07, 6.45) is 0. The summed E-state index contributed by atoms with van der Waals surface area (Å²) < 4.78 is 6.01. The maximum Gasteiger partial charge on any atom is 0.335 e. The lowest BCUT2D eigenvalue weighted by Gasteiger charge is -2.05. The van der Waals surface area contributed by atoms with Crippen LogP contribution < -0.4 is 15.1 Å². The molecule has 1 aromatic heterocycles. The van der Waals surface area contributed by atoms with Gasteiger partial charge in [-0.2, -0.15) is 0 Å². The summed E-state index contributed by atoms with van der Waals surface area (Å²) in [6, 6.07) is 14.8. The molecule has 0 bridgehead atoms. The zero-order chi connectivity index (χ0) is 18.5. The number of hydrogen-bond donors (Lipinski definition) is 2. The number of nitrogens with zero attached hydrogens (tertiary/aromatic N) is 2. The number of aromatic carboxylic acids is 1. The predicted octanol–water partition coefficient (Wildman–Crippen LogP) is 1.45. The van der Waals surface area contributed by atoms with E-state index in [1.165, 1.54) is 22.9 Å². The molecule has 0 aliphatic heterocycles. The van der Waals surface area contributed by atoms with Gasteiger partial charge in [0, 0.05) is 17.8 Å². The molecule has 2 aromatic carbocycles. The van der Waals surface area contributed by atoms with Crippen LogP contribution in [0.4, 0.5) is 5.69 Å². The van der Waals surface area contributed by atoms with Crippen molar-refractivity contribution < 1.29 is 29.0 Å². The largest absolute Gasteiger partial charge is 0.538 e. The molecular weight excluding hydrogens is 358 g/mol. The van der Waals surface area contributed by atoms with Gasteiger partial charge in [-0.05, 0) is 34.6 Å². The average Bonchev–Trinajstić information content (AvgIpc) is 3.01. The van der Waals surface area contributed by atoms with Gasteiger partial charge in [0.05, 0.1) is 16.6 Å². The minimum absolute atomic E-state index is 0.0678. The number of carboxylic acid groups (broad SMARTS) is 1. The topological polar surface area (TPSA) is 119 Å². The van der Waals surface area contributed by atoms with Crippen LogP contribution in [0.1, 0.15) is 10.4 Å². The number of carboxylic acids is 1. The normalized spacial score (nSPS) is 10.5. The first-order chi connectivity index (χ1) is 12.5. The highest BCUT2D eigenvalue weighted by molar-refractivity contribution is 7.99. The molecule has 0 fully saturated rings. The number of hydrogen-bond acceptors (Lipinski definition) is 6. The number of nitrogens with one attached hydrogen (secondary N) is 1. The van der Waals surface area contributed by atoms with E-state index in [4.69, 9.17) is 5.11 Å². The van der Waals surface area contributed by atoms with Gasteiger partial charge in [-0.15, -0.1) is 0 Å². The molecule has 0 saturated heterocycles. The third-order valence-electron chi connectivity index (χ3n) is 3.31. The first-order valence-electron chi connectivity index (χ1n) is 7.45. The van der Waals surface area contributed by atoms with Crippen molar-refractivity contribution >= 4 is 29.3 Å². The fourth-order valence-electron chi connectivity index (χ4n) is 2.16. The molecular formula is C17H13N3O5S. The van der Waals surface area contributed by atoms with E-state index in [1.807, 2.05) is 6.07 Å². The second kappa shape index (κ2) is 7.70. The van der Waals surface area contributed by atoms with Gasteiger partial charge in [-0.1, -0.05) is 24.3 Å². The van der Waals surface area contributed by atoms with E-state index in [2.05, 4.69) is 15.1 Å². The number of amides is 1. The van der Waals surface area contributed by atoms with Crippen molar-refractivity contribution in [2.24, 2.45) is 0 Å². The number of anilines is 1. The minimum atomic E-state index is -1.08. The smallest absolute Gasteiger partial charge is 0.335 e. The van der Waals surface area contributed by atoms with Gasteiger partial charge in [0.2, 0.25) is 11.6 Å². The number of para-hydroxylation sites is 1. The number of benzene rings is 2. The third-order valence-corrected chi connectivity index (χ3v) is 4.33. The van der Waals surface area contributed by atoms with E-state index in [-0.39, 0.29) is 16.3 Å². The zero-order valence-corrected chi connectivity index (χ0v) is 14.1. The number of aromatic nitrogens is 2. The van der Waals surface area contributed by atoms with E-state index in [0.717, 1.165) is 11.8 Å². The highest BCUT2D eigenvalue weighted by Gasteiger charge is 2.22. The fraction of sp³-hybridized carbons (Fsp3) is 0.0588. The van der Waals surface area contributed by atoms with Crippen molar-refractivity contribution in [2.75, 3.05) is 11.1 Å². The van der Waals surface area contributed by atoms with Gasteiger partial charge in [0.25, 0.3) is 5.03 Å². The first kappa shape index (κ1) is 17.5. The van der Waals surface area contributed by atoms with Crippen molar-refractivity contribution in [2.45, 2.75) is 5.03 Å². The number of carbonyl (C=O) groups excluding carboxylic acids is 1. The highest BCUT2D eigenvalue weighted by atomic mass is 32.2. The van der Waals surface area contributed by atoms with Gasteiger partial charge in [0.15, 0.2) is 5.95 Å². The Bertz CT molecular complexity index is 943. The van der Waals surface area contributed by atoms with Crippen LogP contribution in [0.2, 0.25) is 0 Å². The molecule has 0 unspecified atom stereocenters. The molecule has 0 spiro atoms. The fourth-order valence-corrected chi connectivity index (χ4v) is 2.91. The monoisotopic (exact) mass is 371 g/mol. The third kappa shape index (κ3) is 4.01. The van der Waals surface area contributed by atoms with Gasteiger partial charge >= 0.3 is 5.97 Å². The molecule has 0 saturated carbocycles. The minimum Gasteiger partial charge on any atom is -0.538 e. The summed E-state index contributed by atoms with van der Waals surface area (Å²) >= 11 is 0.979. The van der Waals surface area contributed by atoms with Gasteiger partial charge in [-0.3, -0.25) is 4.79 Å². The standard InChI is InChI=1S/C17H13N3O5S/c21-14(18-12-6-4-5-11(9-12)16(22)23)10-26-15-17(24)25-19-20(15)13-7-2-1-3-8-13/h1-9H,10H2,(H2-,18,19,21,22,23,24). The quantitative estimate of drug-likeness (QED) is 0.497. The maximum absolute atomic E-state index is 12.1. The molecule has 3 rings (SSSR count). The number of thioether (sulfide) groups is 1. The molecule has 1 amide bonds. The summed E-state index contributed by atoms with van der Waals surface area (Å²) in [5, 5.41) is 27.3. The predicted molar refractivity (Wildman–Crippen MR) is 90.2 cm³/mol. The van der Waals surface area contributed by atoms with Gasteiger partial charge in [-0.25, -0.2) is 4.79 Å². The van der Waals surface area contributed by atoms with Gasteiger partial charge in [0.1, 0.15) is 0 Å². The molecule has 1 heterocycles. The summed E-state index contributed by atoms with van der Waals surface area (Å²) in [5.41, 5.74) is 1.06. The van der Waals surface area contributed by atoms with Crippen LogP contribution in [-0.2, 0) is 4.79 Å². The van der Waals surface area contributed by atoms with Crippen LogP contribution in [0.15, 0.2) is 64.1 Å². The van der Waals surface area contributed by atoms with Crippen molar-refractivity contribution in [1.29, 1.82) is 0 Å². The second-order valence-corrected chi connectivity index (χ2v) is 6.10. The molecule has 9 heteroatoms. The lowest BCUT2D eigenvalue weighted by Crippen LogP contribution is -2.35. The molecule has 26 heavy (non-hydrogen) atoms. The maximum atomic E-state index is 12.1. The van der Waals surface area contributed by atoms with E-state index in [1.54, 1.807) is 30.3 Å². The Balaban J connectivity index is 1.68. The molecule has 2 N–H and O–H groups in total. The van der Waals surface area contributed by atoms with Crippen molar-refractivity contribution in [3.8, 4) is 11.6 Å². The Morgan fingerprint density at radius 1 is 1.19 bits per heavy atom. The van der Waals surface area contributed by atoms with Crippen LogP contribution in [0, 0.1) is 0 Å². The van der Waals surface area contributed by atoms with Crippen molar-refractivity contribution in [1.82, 2.24) is 5.27 Å². The molecule has 0 radical (unpaired) electrons. The Morgan fingerprint density at radius 3 is 2.69 bits per heavy atom. The lowest BCUT2D eigenvalue weighted by molar-refractivity contribution is -0.705. The second-order valence-electron chi connectivity index (χ2n) is 5.14. The van der Waals surface area contributed by atoms with Gasteiger partial charge < -0.3 is 20.1 Å². The summed E-state index contributed by atoms with van der Waals surface area (Å²) in [6.45, 7) is 0. The number of carbonyl (C=O) groups is 2. The summed E-state index contributed by atoms with van der Waals surface area (Å²) in [7, 11) is 0. The van der Waals surface area contributed by atoms with Crippen molar-refractivity contribution in [3.63, 3.8) is 0 Å². The zero-order valence-electron chi connectivity index (χ0n) is 13.3. The SMILES string of the molecule is O=C(CSc1c([O-])on[n+]1-c1ccccc1)Nc1cccc(C(=O)O)c1. The van der Waals surface area contributed by atoms with E-state index in [9.17, 15) is 14.7 Å². The van der Waals surface area contributed by atoms with E-state index in [0.29, 0.717) is 11.4 Å². The van der Waals surface area contributed by atoms with E-state index >= 15 is 0 Å². The van der Waals surface area contributed by atoms with Crippen LogP contribution in [0.5, 0.6) is 5.95 Å². The molecule has 0 atom stereocenters. The molecule has 8 nitrogen and oxygen atoms in total. The Hall–Kier alpha value is -3.33. The van der Waals surface area contributed by atoms with E-state index < -0.39 is 17.8 Å². The molecule has 3 aromatic rings. The Kier molecular flexibility index (Phi) is 5.18. The molecule has 0 aliphatic carbocycles. The molecule has 0 aliphatic rings. The highest BCUT2D eigenvalue weighted by Crippen LogP contribution is 2.23. The summed E-state index contributed by atoms with van der Waals surface area (Å²) in [4.78, 5) is 23.1. The van der Waals surface area contributed by atoms with Crippen LogP contribution in [0.3, 0.4) is 0 Å². The Labute approximate surface area is 152 Å². The van der Waals surface area contributed by atoms with Crippen LogP contribution in [-0.4, -0.2) is 28.0 Å². The first-order valence-corrected chi connectivity index (χ1v) is 8.43. The average molecular weight is 371 g/mol. The van der Waals surface area contributed by atoms with Crippen LogP contribution >= 0.6 is 11.8 Å². The molecule has 132 valence electrons.